The van der Waals surface area contributed by atoms with Crippen LogP contribution in [0.4, 0.5) is 5.69 Å². The summed E-state index contributed by atoms with van der Waals surface area (Å²) < 4.78 is 37.0. The predicted molar refractivity (Wildman–Crippen MR) is 371 cm³/mol. The topological polar surface area (TPSA) is 479 Å². The number of aliphatic hydroxyl groups excluding tert-OH is 6. The molecule has 16 N–H and O–H groups in total. The van der Waals surface area contributed by atoms with Crippen molar-refractivity contribution in [1.29, 1.82) is 0 Å². The summed E-state index contributed by atoms with van der Waals surface area (Å²) in [4.78, 5) is 131. The van der Waals surface area contributed by atoms with E-state index in [9.17, 15) is 82.3 Å². The van der Waals surface area contributed by atoms with Gasteiger partial charge in [0.2, 0.25) is 41.4 Å². The van der Waals surface area contributed by atoms with E-state index in [1.807, 2.05) is 48.8 Å². The number of benzene rings is 4. The van der Waals surface area contributed by atoms with Gasteiger partial charge in [0.15, 0.2) is 17.3 Å². The highest BCUT2D eigenvalue weighted by Gasteiger charge is 2.50. The van der Waals surface area contributed by atoms with Crippen LogP contribution < -0.4 is 46.7 Å². The average molecular weight is 1450 g/mol. The van der Waals surface area contributed by atoms with Gasteiger partial charge in [-0.3, -0.25) is 47.8 Å². The van der Waals surface area contributed by atoms with E-state index >= 15 is 4.79 Å². The van der Waals surface area contributed by atoms with Crippen LogP contribution >= 0.6 is 0 Å². The molecule has 13 atom stereocenters. The van der Waals surface area contributed by atoms with Crippen LogP contribution in [0.15, 0.2) is 103 Å². The quantitative estimate of drug-likeness (QED) is 0.0406. The Morgan fingerprint density at radius 2 is 1.39 bits per heavy atom. The van der Waals surface area contributed by atoms with E-state index in [2.05, 4.69) is 77.1 Å². The Balaban J connectivity index is 0.921. The Labute approximate surface area is 593 Å². The molecule has 6 heterocycles. The molecule has 0 bridgehead atoms. The van der Waals surface area contributed by atoms with Crippen LogP contribution in [0.25, 0.3) is 28.1 Å². The van der Waals surface area contributed by atoms with Crippen molar-refractivity contribution in [2.45, 2.75) is 132 Å². The van der Waals surface area contributed by atoms with E-state index in [0.717, 1.165) is 96.5 Å². The third-order valence-electron chi connectivity index (χ3n) is 19.2. The number of aryl methyl sites for hydroxylation is 1. The molecular weight excluding hydrogens is 1360 g/mol. The molecule has 4 saturated heterocycles. The molecule has 103 heavy (non-hydrogen) atoms. The van der Waals surface area contributed by atoms with Gasteiger partial charge in [0.1, 0.15) is 36.3 Å². The maximum absolute atomic E-state index is 15.0. The number of nitrogens with zero attached hydrogens (tertiary/aromatic N) is 6. The largest absolute Gasteiger partial charge is 0.504 e. The number of amides is 8. The van der Waals surface area contributed by atoms with Crippen LogP contribution in [0.3, 0.4) is 0 Å². The number of carbonyl (C=O) groups is 8. The van der Waals surface area contributed by atoms with Gasteiger partial charge in [-0.25, -0.2) is 9.97 Å². The smallest absolute Gasteiger partial charge is 0.446 e. The van der Waals surface area contributed by atoms with Gasteiger partial charge in [-0.2, -0.15) is 8.42 Å². The number of hydrogen-bond donors (Lipinski definition) is 15. The maximum atomic E-state index is 15.0. The molecule has 0 spiro atoms. The molecule has 5 aromatic rings. The molecule has 5 aliphatic heterocycles. The molecule has 8 amide bonds. The van der Waals surface area contributed by atoms with Crippen LogP contribution in [0.2, 0.25) is 0 Å². The van der Waals surface area contributed by atoms with Crippen LogP contribution in [0.5, 0.6) is 11.5 Å². The number of phenolic OH excluding ortho intramolecular Hbond substituents is 1. The molecule has 4 aromatic carbocycles. The lowest BCUT2D eigenvalue weighted by atomic mass is 9.91. The lowest BCUT2D eigenvalue weighted by molar-refractivity contribution is -0.147. The van der Waals surface area contributed by atoms with Crippen molar-refractivity contribution < 1.29 is 91.3 Å². The minimum atomic E-state index is -5.25. The average Bonchev–Trinajstić information content (AvgIpc) is 1.75. The second-order valence-electron chi connectivity index (χ2n) is 26.8. The van der Waals surface area contributed by atoms with E-state index in [-0.39, 0.29) is 11.1 Å². The van der Waals surface area contributed by atoms with Crippen molar-refractivity contribution in [3.05, 3.63) is 131 Å². The predicted octanol–water partition coefficient (Wildman–Crippen LogP) is -2.43. The first-order valence-electron chi connectivity index (χ1n) is 33.9. The third-order valence-corrected chi connectivity index (χ3v) is 19.6. The van der Waals surface area contributed by atoms with E-state index in [1.165, 1.54) is 18.1 Å². The number of rotatable bonds is 18. The molecule has 5 aliphatic rings. The van der Waals surface area contributed by atoms with Gasteiger partial charge >= 0.3 is 10.4 Å². The second kappa shape index (κ2) is 33.3. The molecule has 4 fully saturated rings. The number of nitrogens with one attached hydrogen (secondary N) is 6. The number of aromatic hydroxyl groups is 1. The zero-order chi connectivity index (χ0) is 74.1. The first kappa shape index (κ1) is 76.1. The van der Waals surface area contributed by atoms with E-state index in [0.29, 0.717) is 36.5 Å². The van der Waals surface area contributed by atoms with Crippen molar-refractivity contribution >= 4 is 68.9 Å². The summed E-state index contributed by atoms with van der Waals surface area (Å²) in [5.74, 6) is -11.7. The molecule has 33 heteroatoms. The zero-order valence-corrected chi connectivity index (χ0v) is 57.7. The van der Waals surface area contributed by atoms with Gasteiger partial charge in [0.25, 0.3) is 5.91 Å². The first-order chi connectivity index (χ1) is 49.0. The number of hydrogen-bond acceptors (Lipinski definition) is 23. The highest BCUT2D eigenvalue weighted by atomic mass is 32.3. The normalized spacial score (nSPS) is 25.3. The monoisotopic (exact) mass is 1450 g/mol. The fourth-order valence-electron chi connectivity index (χ4n) is 13.5. The Hall–Kier alpha value is -9.55. The number of primary amides is 1. The van der Waals surface area contributed by atoms with Crippen molar-refractivity contribution in [3.8, 4) is 34.0 Å². The summed E-state index contributed by atoms with van der Waals surface area (Å²) >= 11 is 0. The van der Waals surface area contributed by atoms with Crippen molar-refractivity contribution in [1.82, 2.24) is 56.6 Å². The lowest BCUT2D eigenvalue weighted by Gasteiger charge is -2.35. The van der Waals surface area contributed by atoms with Crippen molar-refractivity contribution in [3.63, 3.8) is 0 Å². The second-order valence-corrected chi connectivity index (χ2v) is 27.9. The SMILES string of the molecule is Cc1ccc(CCN2CCN(c3cnc(-c4ccc(-c5ccc(C(=O)N[C@H]6C[C@@H](O)CNC(=O)[C@@H]7[C@@H](O)[C@@H](C)CN7C(=O)[C@H]([C@H](O)CC(N)=O)NC(=O)[C@H]([C@H](O)Cc7ccc(O)c(OS(=O)(=O)O)c7)NC(=O)[C@@H]7C[C@@H](O)CN7C(=O)[C@H]([C@@H](C)O)NC6=O)c(C6=CCNCC6)c5)cc4)nc3)CC2)cc1. The van der Waals surface area contributed by atoms with Crippen molar-refractivity contribution in [2.24, 2.45) is 11.7 Å². The molecule has 32 nitrogen and oxygen atoms in total. The summed E-state index contributed by atoms with van der Waals surface area (Å²) in [6.07, 6.45) is -7.21. The highest BCUT2D eigenvalue weighted by molar-refractivity contribution is 7.81. The summed E-state index contributed by atoms with van der Waals surface area (Å²) in [6, 6.07) is 12.1. The minimum Gasteiger partial charge on any atom is -0.504 e. The Kier molecular flexibility index (Phi) is 24.6. The van der Waals surface area contributed by atoms with E-state index in [1.54, 1.807) is 12.1 Å². The summed E-state index contributed by atoms with van der Waals surface area (Å²) in [6.45, 7) is 8.31. The van der Waals surface area contributed by atoms with Crippen LogP contribution in [-0.4, -0.2) is 259 Å². The molecule has 552 valence electrons. The highest BCUT2D eigenvalue weighted by Crippen LogP contribution is 2.33. The van der Waals surface area contributed by atoms with Gasteiger partial charge < -0.3 is 92.3 Å². The fourth-order valence-corrected chi connectivity index (χ4v) is 13.8. The van der Waals surface area contributed by atoms with Gasteiger partial charge in [-0.05, 0) is 90.9 Å². The molecule has 0 unspecified atom stereocenters. The standard InChI is InChI=1S/C70H87N13O19S/c1-37-4-6-40(7-5-37)18-21-80-22-24-81(25-23-80)46-32-73-63(74-33-46)44-11-9-42(10-12-44)45-13-14-49(50(28-45)43-16-19-72-20-17-43)64(92)76-51-29-47(85)34-75-68(96)61-62(91)38(2)35-83(61)70(98)60(55(89)31-57(71)90)79-67(95)59(54(88)26-41-8-15-53(87)56(27-41)102-103(99,100)101)78-66(94)52-30-48(86)36-82(52)69(97)58(39(3)84)77-65(51)93/h4-16,27-28,32-33,38-39,47-48,51-52,54-55,58-62,72,84-89,91H,17-26,29-31,34-36H2,1-3H3,(H2,71,90)(H,75,96)(H,76,92)(H,77,93)(H,78,94)(H,79,95)(H,99,100,101)/t38-,39+,47+,48+,51-,52-,54+,55+,58-,59-,60-,61-,62-/m0/s1. The molecule has 10 rings (SSSR count). The number of phenols is 1. The lowest BCUT2D eigenvalue weighted by Crippen LogP contribution is -2.64. The number of fused-ring (bicyclic) bond motifs is 2. The van der Waals surface area contributed by atoms with Gasteiger partial charge in [-0.1, -0.05) is 79.2 Å². The number of anilines is 1. The van der Waals surface area contributed by atoms with Crippen LogP contribution in [0, 0.1) is 12.8 Å². The number of aromatic nitrogens is 2. The number of piperazine rings is 1. The number of nitrogens with two attached hydrogens (primary N) is 1. The Morgan fingerprint density at radius 3 is 2.05 bits per heavy atom. The first-order valence-corrected chi connectivity index (χ1v) is 35.3. The van der Waals surface area contributed by atoms with E-state index in [4.69, 9.17) is 15.7 Å². The number of carbonyl (C=O) groups excluding carboxylic acids is 8. The molecular formula is C70H87N13O19S. The zero-order valence-electron chi connectivity index (χ0n) is 56.9. The van der Waals surface area contributed by atoms with Gasteiger partial charge in [0, 0.05) is 95.2 Å². The third kappa shape index (κ3) is 19.0. The van der Waals surface area contributed by atoms with Crippen LogP contribution in [-0.2, 0) is 56.8 Å². The summed E-state index contributed by atoms with van der Waals surface area (Å²) in [5, 5.41) is 94.8. The number of β-amino-alcohol motifs (C(OH)–C–C–N with tert-alkyl or cyclic N) is 1. The van der Waals surface area contributed by atoms with E-state index < -0.39 is 193 Å². The summed E-state index contributed by atoms with van der Waals surface area (Å²) in [5.41, 5.74) is 12.3. The van der Waals surface area contributed by atoms with Gasteiger partial charge in [0.05, 0.1) is 61.1 Å². The molecule has 0 saturated carbocycles. The minimum absolute atomic E-state index is 0.0791. The summed E-state index contributed by atoms with van der Waals surface area (Å²) in [7, 11) is -5.25. The Morgan fingerprint density at radius 1 is 0.738 bits per heavy atom. The van der Waals surface area contributed by atoms with Crippen LogP contribution in [0.1, 0.15) is 72.1 Å². The molecule has 0 aliphatic carbocycles. The Bertz CT molecular complexity index is 4090. The van der Waals surface area contributed by atoms with Crippen molar-refractivity contribution in [2.75, 3.05) is 70.3 Å². The fraction of sp³-hybridized carbons (Fsp3) is 0.457. The maximum Gasteiger partial charge on any atom is 0.446 e. The molecule has 0 radical (unpaired) electrons. The van der Waals surface area contributed by atoms with Gasteiger partial charge in [-0.15, -0.1) is 0 Å². The molecule has 1 aromatic heterocycles. The number of aliphatic hydroxyl groups is 6.